The number of hydrogen-bond acceptors (Lipinski definition) is 5. The van der Waals surface area contributed by atoms with E-state index in [-0.39, 0.29) is 11.3 Å². The summed E-state index contributed by atoms with van der Waals surface area (Å²) >= 11 is 5.78. The molecule has 0 bridgehead atoms. The Morgan fingerprint density at radius 1 is 1.26 bits per heavy atom. The molecule has 2 aromatic rings. The van der Waals surface area contributed by atoms with Gasteiger partial charge in [-0.15, -0.1) is 0 Å². The van der Waals surface area contributed by atoms with Crippen LogP contribution in [0.4, 0.5) is 5.69 Å². The normalized spacial score (nSPS) is 11.4. The second kappa shape index (κ2) is 5.92. The Kier molecular flexibility index (Phi) is 4.04. The Labute approximate surface area is 113 Å². The molecule has 6 nitrogen and oxygen atoms in total. The summed E-state index contributed by atoms with van der Waals surface area (Å²) in [6.45, 7) is 0. The molecule has 2 rings (SSSR count). The molecule has 0 atom stereocenters. The number of hydrogen-bond donors (Lipinski definition) is 0. The third-order valence-corrected chi connectivity index (χ3v) is 2.41. The molecule has 0 fully saturated rings. The van der Waals surface area contributed by atoms with Crippen molar-refractivity contribution >= 4 is 29.7 Å². The van der Waals surface area contributed by atoms with Crippen LogP contribution in [-0.4, -0.2) is 17.4 Å². The Balaban J connectivity index is 2.18. The number of halogens is 1. The molecule has 7 heteroatoms. The third-order valence-electron chi connectivity index (χ3n) is 2.18. The number of furan rings is 1. The molecular weight excluding hydrogens is 270 g/mol. The van der Waals surface area contributed by atoms with E-state index in [2.05, 4.69) is 10.2 Å². The molecule has 19 heavy (non-hydrogen) atoms. The van der Waals surface area contributed by atoms with Gasteiger partial charge in [0.05, 0.1) is 29.2 Å². The van der Waals surface area contributed by atoms with Crippen LogP contribution in [0.1, 0.15) is 11.3 Å². The van der Waals surface area contributed by atoms with Crippen LogP contribution in [0.25, 0.3) is 0 Å². The zero-order chi connectivity index (χ0) is 13.7. The van der Waals surface area contributed by atoms with Gasteiger partial charge in [0.1, 0.15) is 5.76 Å². The Hall–Kier alpha value is -2.47. The van der Waals surface area contributed by atoms with Gasteiger partial charge in [0.2, 0.25) is 0 Å². The fraction of sp³-hybridized carbons (Fsp3) is 0. The van der Waals surface area contributed by atoms with Gasteiger partial charge in [-0.3, -0.25) is 10.1 Å². The highest BCUT2D eigenvalue weighted by Gasteiger charge is 2.11. The first-order chi connectivity index (χ1) is 9.16. The molecule has 1 aromatic carbocycles. The molecule has 0 saturated carbocycles. The van der Waals surface area contributed by atoms with E-state index in [9.17, 15) is 10.1 Å². The first-order valence-corrected chi connectivity index (χ1v) is 5.58. The maximum atomic E-state index is 10.8. The fourth-order valence-electron chi connectivity index (χ4n) is 1.35. The molecular formula is C12H8ClN3O3. The van der Waals surface area contributed by atoms with Crippen LogP contribution in [0.5, 0.6) is 0 Å². The second-order valence-corrected chi connectivity index (χ2v) is 3.90. The van der Waals surface area contributed by atoms with Crippen LogP contribution in [0, 0.1) is 10.1 Å². The topological polar surface area (TPSA) is 81.0 Å². The molecule has 1 heterocycles. The van der Waals surface area contributed by atoms with Crippen molar-refractivity contribution in [1.82, 2.24) is 0 Å². The lowest BCUT2D eigenvalue weighted by Crippen LogP contribution is -1.94. The van der Waals surface area contributed by atoms with Gasteiger partial charge >= 0.3 is 0 Å². The molecule has 0 N–H and O–H groups in total. The number of nitrogens with zero attached hydrogens (tertiary/aromatic N) is 3. The van der Waals surface area contributed by atoms with Crippen LogP contribution >= 0.6 is 11.6 Å². The van der Waals surface area contributed by atoms with Crippen molar-refractivity contribution < 1.29 is 9.34 Å². The molecule has 0 amide bonds. The average Bonchev–Trinajstić information content (AvgIpc) is 2.87. The summed E-state index contributed by atoms with van der Waals surface area (Å²) in [4.78, 5) is 10.3. The molecule has 0 aliphatic rings. The highest BCUT2D eigenvalue weighted by atomic mass is 35.5. The summed E-state index contributed by atoms with van der Waals surface area (Å²) in [7, 11) is 0. The Bertz CT molecular complexity index is 636. The monoisotopic (exact) mass is 277 g/mol. The van der Waals surface area contributed by atoms with E-state index >= 15 is 0 Å². The van der Waals surface area contributed by atoms with Crippen LogP contribution in [0.3, 0.4) is 0 Å². The molecule has 1 aromatic heterocycles. The van der Waals surface area contributed by atoms with Crippen molar-refractivity contribution in [2.24, 2.45) is 10.2 Å². The van der Waals surface area contributed by atoms with E-state index in [4.69, 9.17) is 16.0 Å². The van der Waals surface area contributed by atoms with Gasteiger partial charge in [0.25, 0.3) is 5.69 Å². The first-order valence-electron chi connectivity index (χ1n) is 5.20. The predicted molar refractivity (Wildman–Crippen MR) is 72.0 cm³/mol. The predicted octanol–water partition coefficient (Wildman–Crippen LogP) is 3.29. The third kappa shape index (κ3) is 3.49. The summed E-state index contributed by atoms with van der Waals surface area (Å²) in [6.07, 6.45) is 4.17. The van der Waals surface area contributed by atoms with E-state index in [0.717, 1.165) is 0 Å². The lowest BCUT2D eigenvalue weighted by Gasteiger charge is -1.96. The van der Waals surface area contributed by atoms with Crippen molar-refractivity contribution in [2.75, 3.05) is 0 Å². The maximum absolute atomic E-state index is 10.8. The van der Waals surface area contributed by atoms with E-state index < -0.39 is 4.92 Å². The molecule has 96 valence electrons. The van der Waals surface area contributed by atoms with Gasteiger partial charge in [-0.25, -0.2) is 0 Å². The standard InChI is InChI=1S/C12H8ClN3O3/c13-10-3-4-12(16(17)18)9(6-10)7-14-15-8-11-2-1-5-19-11/h1-8H. The molecule has 0 unspecified atom stereocenters. The van der Waals surface area contributed by atoms with E-state index in [1.165, 1.54) is 36.9 Å². The number of nitro benzene ring substituents is 1. The minimum absolute atomic E-state index is 0.0821. The van der Waals surface area contributed by atoms with E-state index in [1.807, 2.05) is 0 Å². The van der Waals surface area contributed by atoms with Crippen LogP contribution in [0.15, 0.2) is 51.2 Å². The van der Waals surface area contributed by atoms with E-state index in [0.29, 0.717) is 10.8 Å². The minimum Gasteiger partial charge on any atom is -0.463 e. The first kappa shape index (κ1) is 13.0. The molecule has 0 radical (unpaired) electrons. The molecule has 0 aliphatic heterocycles. The molecule has 0 saturated heterocycles. The van der Waals surface area contributed by atoms with Gasteiger partial charge in [-0.1, -0.05) is 11.6 Å². The fourth-order valence-corrected chi connectivity index (χ4v) is 1.53. The van der Waals surface area contributed by atoms with Crippen LogP contribution in [0.2, 0.25) is 5.02 Å². The summed E-state index contributed by atoms with van der Waals surface area (Å²) in [5.74, 6) is 0.540. The molecule has 0 spiro atoms. The highest BCUT2D eigenvalue weighted by Crippen LogP contribution is 2.21. The Morgan fingerprint density at radius 3 is 2.74 bits per heavy atom. The second-order valence-electron chi connectivity index (χ2n) is 3.46. The lowest BCUT2D eigenvalue weighted by molar-refractivity contribution is -0.385. The average molecular weight is 278 g/mol. The van der Waals surface area contributed by atoms with Gasteiger partial charge < -0.3 is 4.42 Å². The van der Waals surface area contributed by atoms with Crippen molar-refractivity contribution in [1.29, 1.82) is 0 Å². The maximum Gasteiger partial charge on any atom is 0.278 e. The summed E-state index contributed by atoms with van der Waals surface area (Å²) in [5.41, 5.74) is 0.204. The van der Waals surface area contributed by atoms with Crippen molar-refractivity contribution in [3.05, 3.63) is 63.1 Å². The van der Waals surface area contributed by atoms with Gasteiger partial charge in [0.15, 0.2) is 0 Å². The Morgan fingerprint density at radius 2 is 2.05 bits per heavy atom. The quantitative estimate of drug-likeness (QED) is 0.488. The van der Waals surface area contributed by atoms with Crippen LogP contribution in [-0.2, 0) is 0 Å². The summed E-state index contributed by atoms with van der Waals surface area (Å²) in [6, 6.07) is 7.64. The van der Waals surface area contributed by atoms with E-state index in [1.54, 1.807) is 12.1 Å². The van der Waals surface area contributed by atoms with Gasteiger partial charge in [-0.05, 0) is 24.3 Å². The lowest BCUT2D eigenvalue weighted by atomic mass is 10.2. The number of nitro groups is 1. The zero-order valence-corrected chi connectivity index (χ0v) is 10.3. The van der Waals surface area contributed by atoms with Crippen molar-refractivity contribution in [3.63, 3.8) is 0 Å². The van der Waals surface area contributed by atoms with Crippen LogP contribution < -0.4 is 0 Å². The highest BCUT2D eigenvalue weighted by molar-refractivity contribution is 6.31. The minimum atomic E-state index is -0.506. The smallest absolute Gasteiger partial charge is 0.278 e. The summed E-state index contributed by atoms with van der Waals surface area (Å²) < 4.78 is 5.01. The molecule has 0 aliphatic carbocycles. The SMILES string of the molecule is O=[N+]([O-])c1ccc(Cl)cc1C=NN=Cc1ccco1. The van der Waals surface area contributed by atoms with Gasteiger partial charge in [-0.2, -0.15) is 10.2 Å². The van der Waals surface area contributed by atoms with Crippen molar-refractivity contribution in [2.45, 2.75) is 0 Å². The number of benzene rings is 1. The van der Waals surface area contributed by atoms with Gasteiger partial charge in [0, 0.05) is 11.1 Å². The summed E-state index contributed by atoms with van der Waals surface area (Å²) in [5, 5.41) is 18.6. The largest absolute Gasteiger partial charge is 0.463 e. The zero-order valence-electron chi connectivity index (χ0n) is 9.56. The van der Waals surface area contributed by atoms with Crippen molar-refractivity contribution in [3.8, 4) is 0 Å². The number of rotatable bonds is 4.